The third kappa shape index (κ3) is 2.34. The highest BCUT2D eigenvalue weighted by molar-refractivity contribution is 7.19. The highest BCUT2D eigenvalue weighted by atomic mass is 35.5. The van der Waals surface area contributed by atoms with Crippen LogP contribution in [-0.4, -0.2) is 19.8 Å². The summed E-state index contributed by atoms with van der Waals surface area (Å²) in [6, 6.07) is 8.21. The first-order valence-corrected chi connectivity index (χ1v) is 8.57. The minimum atomic E-state index is 0.518. The quantitative estimate of drug-likeness (QED) is 0.678. The van der Waals surface area contributed by atoms with Crippen LogP contribution in [0.2, 0.25) is 0 Å². The Morgan fingerprint density at radius 1 is 1.24 bits per heavy atom. The average molecular weight is 319 g/mol. The number of hydrogen-bond acceptors (Lipinski definition) is 4. The molecular weight excluding hydrogens is 304 g/mol. The molecule has 1 aromatic carbocycles. The van der Waals surface area contributed by atoms with Crippen molar-refractivity contribution in [3.63, 3.8) is 0 Å². The third-order valence-corrected chi connectivity index (χ3v) is 5.32. The van der Waals surface area contributed by atoms with E-state index in [1.54, 1.807) is 11.3 Å². The molecule has 0 atom stereocenters. The Bertz CT molecular complexity index is 773. The second-order valence-electron chi connectivity index (χ2n) is 5.48. The molecule has 0 N–H and O–H groups in total. The minimum absolute atomic E-state index is 0.518. The number of hydrogen-bond donors (Lipinski definition) is 0. The Kier molecular flexibility index (Phi) is 3.39. The van der Waals surface area contributed by atoms with E-state index >= 15 is 0 Å². The first kappa shape index (κ1) is 13.2. The molecule has 0 radical (unpaired) electrons. The van der Waals surface area contributed by atoms with Crippen molar-refractivity contribution < 1.29 is 0 Å². The molecule has 1 aliphatic carbocycles. The molecular formula is C15H15ClN4S. The highest BCUT2D eigenvalue weighted by Gasteiger charge is 2.24. The lowest BCUT2D eigenvalue weighted by molar-refractivity contribution is 0.641. The number of alkyl halides is 1. The third-order valence-electron chi connectivity index (χ3n) is 4.06. The maximum Gasteiger partial charge on any atom is 0.234 e. The van der Waals surface area contributed by atoms with Gasteiger partial charge in [-0.15, -0.1) is 21.8 Å². The van der Waals surface area contributed by atoms with Crippen molar-refractivity contribution in [2.24, 2.45) is 0 Å². The number of rotatable bonds is 3. The molecule has 3 aromatic rings. The topological polar surface area (TPSA) is 43.1 Å². The van der Waals surface area contributed by atoms with E-state index in [1.807, 2.05) is 16.6 Å². The molecule has 108 valence electrons. The molecule has 4 rings (SSSR count). The summed E-state index contributed by atoms with van der Waals surface area (Å²) < 4.78 is 1.93. The van der Waals surface area contributed by atoms with E-state index in [2.05, 4.69) is 22.3 Å². The Balaban J connectivity index is 1.76. The largest absolute Gasteiger partial charge is 0.234 e. The molecule has 1 aliphatic rings. The smallest absolute Gasteiger partial charge is 0.187 e. The molecule has 6 heteroatoms. The number of nitrogens with zero attached hydrogens (tertiary/aromatic N) is 4. The van der Waals surface area contributed by atoms with Gasteiger partial charge in [0, 0.05) is 17.4 Å². The van der Waals surface area contributed by atoms with Crippen LogP contribution in [0.15, 0.2) is 24.3 Å². The van der Waals surface area contributed by atoms with E-state index in [0.717, 1.165) is 26.9 Å². The van der Waals surface area contributed by atoms with Gasteiger partial charge in [-0.1, -0.05) is 42.4 Å². The summed E-state index contributed by atoms with van der Waals surface area (Å²) in [5, 5.41) is 14.3. The Morgan fingerprint density at radius 2 is 2.10 bits per heavy atom. The summed E-state index contributed by atoms with van der Waals surface area (Å²) >= 11 is 7.50. The molecule has 2 aromatic heterocycles. The van der Waals surface area contributed by atoms with Crippen molar-refractivity contribution >= 4 is 27.9 Å². The fourth-order valence-electron chi connectivity index (χ4n) is 2.97. The normalized spacial score (nSPS) is 16.0. The molecule has 4 nitrogen and oxygen atoms in total. The second-order valence-corrected chi connectivity index (χ2v) is 6.70. The van der Waals surface area contributed by atoms with Crippen molar-refractivity contribution in [3.8, 4) is 10.6 Å². The number of halogens is 1. The summed E-state index contributed by atoms with van der Waals surface area (Å²) in [5.41, 5.74) is 2.21. The summed E-state index contributed by atoms with van der Waals surface area (Å²) in [4.78, 5) is 0.878. The van der Waals surface area contributed by atoms with E-state index in [-0.39, 0.29) is 0 Å². The van der Waals surface area contributed by atoms with Gasteiger partial charge in [0.2, 0.25) is 4.96 Å². The van der Waals surface area contributed by atoms with Crippen LogP contribution in [-0.2, 0) is 5.88 Å². The van der Waals surface area contributed by atoms with Gasteiger partial charge in [-0.25, -0.2) is 0 Å². The zero-order chi connectivity index (χ0) is 14.2. The number of aromatic nitrogens is 4. The van der Waals surface area contributed by atoms with Gasteiger partial charge in [0.15, 0.2) is 5.82 Å². The average Bonchev–Trinajstić information content (AvgIpc) is 3.23. The minimum Gasteiger partial charge on any atom is -0.187 e. The van der Waals surface area contributed by atoms with Gasteiger partial charge in [0.1, 0.15) is 5.01 Å². The molecule has 0 saturated heterocycles. The van der Waals surface area contributed by atoms with Crippen molar-refractivity contribution in [1.29, 1.82) is 0 Å². The lowest BCUT2D eigenvalue weighted by Gasteiger charge is -2.03. The summed E-state index contributed by atoms with van der Waals surface area (Å²) in [5.74, 6) is 2.06. The Labute approximate surface area is 131 Å². The molecule has 0 bridgehead atoms. The van der Waals surface area contributed by atoms with Gasteiger partial charge in [0.05, 0.1) is 0 Å². The molecule has 1 saturated carbocycles. The molecule has 0 unspecified atom stereocenters. The van der Waals surface area contributed by atoms with Crippen molar-refractivity contribution in [2.45, 2.75) is 37.5 Å². The lowest BCUT2D eigenvalue weighted by Crippen LogP contribution is -2.01. The van der Waals surface area contributed by atoms with Crippen molar-refractivity contribution in [3.05, 3.63) is 35.7 Å². The van der Waals surface area contributed by atoms with Gasteiger partial charge in [-0.05, 0) is 24.5 Å². The maximum absolute atomic E-state index is 5.91. The molecule has 0 spiro atoms. The molecule has 2 heterocycles. The predicted molar refractivity (Wildman–Crippen MR) is 84.9 cm³/mol. The monoisotopic (exact) mass is 318 g/mol. The van der Waals surface area contributed by atoms with E-state index in [4.69, 9.17) is 16.7 Å². The fourth-order valence-corrected chi connectivity index (χ4v) is 3.98. The maximum atomic E-state index is 5.91. The molecule has 0 amide bonds. The highest BCUT2D eigenvalue weighted by Crippen LogP contribution is 2.34. The van der Waals surface area contributed by atoms with E-state index in [0.29, 0.717) is 11.8 Å². The van der Waals surface area contributed by atoms with Gasteiger partial charge in [-0.2, -0.15) is 9.61 Å². The van der Waals surface area contributed by atoms with Gasteiger partial charge >= 0.3 is 0 Å². The van der Waals surface area contributed by atoms with Crippen LogP contribution < -0.4 is 0 Å². The van der Waals surface area contributed by atoms with Crippen LogP contribution in [0.1, 0.15) is 43.0 Å². The molecule has 0 aliphatic heterocycles. The van der Waals surface area contributed by atoms with Gasteiger partial charge in [0.25, 0.3) is 0 Å². The first-order valence-electron chi connectivity index (χ1n) is 7.22. The van der Waals surface area contributed by atoms with Crippen LogP contribution in [0.5, 0.6) is 0 Å². The van der Waals surface area contributed by atoms with Gasteiger partial charge in [-0.3, -0.25) is 0 Å². The first-order chi connectivity index (χ1) is 10.3. The standard InChI is InChI=1S/C15H15ClN4S/c16-9-10-4-3-7-12(8-10)14-19-20-13(11-5-1-2-6-11)17-18-15(20)21-14/h3-4,7-8,11H,1-2,5-6,9H2. The van der Waals surface area contributed by atoms with Crippen LogP contribution in [0.3, 0.4) is 0 Å². The van der Waals surface area contributed by atoms with E-state index in [1.165, 1.54) is 25.7 Å². The van der Waals surface area contributed by atoms with Crippen LogP contribution in [0.4, 0.5) is 0 Å². The number of benzene rings is 1. The fraction of sp³-hybridized carbons (Fsp3) is 0.400. The molecule has 21 heavy (non-hydrogen) atoms. The van der Waals surface area contributed by atoms with E-state index < -0.39 is 0 Å². The number of fused-ring (bicyclic) bond motifs is 1. The summed E-state index contributed by atoms with van der Waals surface area (Å²) in [6.07, 6.45) is 4.98. The van der Waals surface area contributed by atoms with Crippen LogP contribution in [0.25, 0.3) is 15.5 Å². The van der Waals surface area contributed by atoms with Gasteiger partial charge < -0.3 is 0 Å². The SMILES string of the molecule is ClCc1cccc(-c2nn3c(C4CCCC4)nnc3s2)c1. The predicted octanol–water partition coefficient (Wildman–Crippen LogP) is 4.25. The summed E-state index contributed by atoms with van der Waals surface area (Å²) in [6.45, 7) is 0. The lowest BCUT2D eigenvalue weighted by atomic mass is 10.1. The summed E-state index contributed by atoms with van der Waals surface area (Å²) in [7, 11) is 0. The Morgan fingerprint density at radius 3 is 2.90 bits per heavy atom. The van der Waals surface area contributed by atoms with Crippen molar-refractivity contribution in [1.82, 2.24) is 19.8 Å². The molecule has 1 fully saturated rings. The second kappa shape index (κ2) is 5.39. The zero-order valence-corrected chi connectivity index (χ0v) is 13.1. The zero-order valence-electron chi connectivity index (χ0n) is 11.5. The van der Waals surface area contributed by atoms with E-state index in [9.17, 15) is 0 Å². The van der Waals surface area contributed by atoms with Crippen molar-refractivity contribution in [2.75, 3.05) is 0 Å². The van der Waals surface area contributed by atoms with Crippen LogP contribution in [0, 0.1) is 0 Å². The van der Waals surface area contributed by atoms with Crippen LogP contribution >= 0.6 is 22.9 Å². The Hall–Kier alpha value is -1.46.